The van der Waals surface area contributed by atoms with Gasteiger partial charge in [0.05, 0.1) is 36.0 Å². The molecule has 8 heteroatoms. The minimum atomic E-state index is -3.06. The second-order valence-electron chi connectivity index (χ2n) is 7.63. The fraction of sp³-hybridized carbons (Fsp3) is 0.579. The van der Waals surface area contributed by atoms with Crippen LogP contribution in [-0.4, -0.2) is 81.4 Å². The number of rotatable bonds is 8. The average Bonchev–Trinajstić information content (AvgIpc) is 2.85. The Labute approximate surface area is 161 Å². The summed E-state index contributed by atoms with van der Waals surface area (Å²) < 4.78 is 34.2. The lowest BCUT2D eigenvalue weighted by atomic mass is 9.82. The van der Waals surface area contributed by atoms with Gasteiger partial charge in [-0.05, 0) is 32.1 Å². The summed E-state index contributed by atoms with van der Waals surface area (Å²) in [6.45, 7) is 5.08. The SMILES string of the molecule is COCC1N=C2C=CC=C3N=CC=CC32N1CC(C)(C)OCCS(C)(=O)=O. The molecule has 2 heterocycles. The van der Waals surface area contributed by atoms with Crippen LogP contribution >= 0.6 is 0 Å². The van der Waals surface area contributed by atoms with Gasteiger partial charge in [-0.1, -0.05) is 12.2 Å². The molecule has 0 radical (unpaired) electrons. The lowest BCUT2D eigenvalue weighted by molar-refractivity contribution is -0.0523. The van der Waals surface area contributed by atoms with Gasteiger partial charge in [0.2, 0.25) is 0 Å². The molecule has 3 rings (SSSR count). The van der Waals surface area contributed by atoms with E-state index in [9.17, 15) is 8.42 Å². The maximum Gasteiger partial charge on any atom is 0.149 e. The van der Waals surface area contributed by atoms with Crippen LogP contribution in [-0.2, 0) is 19.3 Å². The molecule has 0 aromatic heterocycles. The number of hydrogen-bond donors (Lipinski definition) is 0. The van der Waals surface area contributed by atoms with E-state index in [4.69, 9.17) is 14.5 Å². The van der Waals surface area contributed by atoms with Crippen molar-refractivity contribution >= 4 is 21.8 Å². The molecule has 2 atom stereocenters. The van der Waals surface area contributed by atoms with Gasteiger partial charge in [0.1, 0.15) is 21.5 Å². The summed E-state index contributed by atoms with van der Waals surface area (Å²) in [6.07, 6.45) is 12.8. The number of sulfone groups is 1. The van der Waals surface area contributed by atoms with Crippen LogP contribution in [0.5, 0.6) is 0 Å². The van der Waals surface area contributed by atoms with Crippen molar-refractivity contribution in [3.63, 3.8) is 0 Å². The van der Waals surface area contributed by atoms with Crippen LogP contribution in [0.25, 0.3) is 0 Å². The Bertz CT molecular complexity index is 839. The Morgan fingerprint density at radius 3 is 2.81 bits per heavy atom. The smallest absolute Gasteiger partial charge is 0.149 e. The number of ether oxygens (including phenoxy) is 2. The van der Waals surface area contributed by atoms with Gasteiger partial charge in [-0.3, -0.25) is 14.9 Å². The number of allylic oxidation sites excluding steroid dienone is 3. The molecule has 7 nitrogen and oxygen atoms in total. The maximum absolute atomic E-state index is 11.4. The molecular formula is C19H27N3O4S. The summed E-state index contributed by atoms with van der Waals surface area (Å²) in [7, 11) is -1.40. The molecule has 0 amide bonds. The number of dihydropyridines is 1. The van der Waals surface area contributed by atoms with E-state index >= 15 is 0 Å². The molecule has 2 aliphatic heterocycles. The van der Waals surface area contributed by atoms with Crippen LogP contribution in [0.3, 0.4) is 0 Å². The molecule has 0 saturated carbocycles. The predicted molar refractivity (Wildman–Crippen MR) is 107 cm³/mol. The van der Waals surface area contributed by atoms with Crippen molar-refractivity contribution in [2.75, 3.05) is 38.9 Å². The highest BCUT2D eigenvalue weighted by Crippen LogP contribution is 2.41. The summed E-state index contributed by atoms with van der Waals surface area (Å²) in [6, 6.07) is 0. The Kier molecular flexibility index (Phi) is 5.54. The summed E-state index contributed by atoms with van der Waals surface area (Å²) in [5.41, 5.74) is 0.737. The molecule has 0 bridgehead atoms. The van der Waals surface area contributed by atoms with Crippen molar-refractivity contribution in [1.82, 2.24) is 4.90 Å². The van der Waals surface area contributed by atoms with Crippen LogP contribution in [0.2, 0.25) is 0 Å². The summed E-state index contributed by atoms with van der Waals surface area (Å²) in [5.74, 6) is 0.00289. The third kappa shape index (κ3) is 4.13. The molecule has 0 N–H and O–H groups in total. The van der Waals surface area contributed by atoms with Crippen LogP contribution in [0, 0.1) is 0 Å². The predicted octanol–water partition coefficient (Wildman–Crippen LogP) is 1.39. The number of aliphatic imine (C=N–C) groups is 2. The first kappa shape index (κ1) is 20.1. The summed E-state index contributed by atoms with van der Waals surface area (Å²) in [5, 5.41) is 0. The van der Waals surface area contributed by atoms with E-state index in [2.05, 4.69) is 16.0 Å². The van der Waals surface area contributed by atoms with Crippen molar-refractivity contribution in [2.24, 2.45) is 9.98 Å². The van der Waals surface area contributed by atoms with Gasteiger partial charge in [-0.25, -0.2) is 8.42 Å². The van der Waals surface area contributed by atoms with Crippen LogP contribution < -0.4 is 0 Å². The number of methoxy groups -OCH3 is 1. The van der Waals surface area contributed by atoms with Crippen LogP contribution in [0.1, 0.15) is 13.8 Å². The van der Waals surface area contributed by atoms with Gasteiger partial charge in [0.25, 0.3) is 0 Å². The molecule has 148 valence electrons. The zero-order chi connectivity index (χ0) is 19.7. The fourth-order valence-electron chi connectivity index (χ4n) is 3.66. The molecule has 1 spiro atoms. The van der Waals surface area contributed by atoms with E-state index in [1.54, 1.807) is 13.3 Å². The van der Waals surface area contributed by atoms with Crippen molar-refractivity contribution in [1.29, 1.82) is 0 Å². The minimum absolute atomic E-state index is 0.00289. The number of nitrogens with zero attached hydrogens (tertiary/aromatic N) is 3. The van der Waals surface area contributed by atoms with Gasteiger partial charge in [-0.15, -0.1) is 0 Å². The van der Waals surface area contributed by atoms with Crippen LogP contribution in [0.4, 0.5) is 0 Å². The highest BCUT2D eigenvalue weighted by Gasteiger charge is 2.52. The van der Waals surface area contributed by atoms with E-state index in [1.165, 1.54) is 6.26 Å². The average molecular weight is 394 g/mol. The Hall–Kier alpha value is -1.61. The lowest BCUT2D eigenvalue weighted by Gasteiger charge is -2.44. The van der Waals surface area contributed by atoms with Crippen molar-refractivity contribution in [3.8, 4) is 0 Å². The first-order chi connectivity index (χ1) is 12.7. The molecule has 0 saturated heterocycles. The minimum Gasteiger partial charge on any atom is -0.381 e. The van der Waals surface area contributed by atoms with E-state index in [0.29, 0.717) is 13.2 Å². The van der Waals surface area contributed by atoms with E-state index in [0.717, 1.165) is 11.4 Å². The van der Waals surface area contributed by atoms with Crippen molar-refractivity contribution in [3.05, 3.63) is 36.1 Å². The third-order valence-corrected chi connectivity index (χ3v) is 5.75. The van der Waals surface area contributed by atoms with Gasteiger partial charge >= 0.3 is 0 Å². The normalized spacial score (nSPS) is 27.3. The van der Waals surface area contributed by atoms with Gasteiger partial charge < -0.3 is 9.47 Å². The highest BCUT2D eigenvalue weighted by atomic mass is 32.2. The fourth-order valence-corrected chi connectivity index (χ4v) is 4.05. The van der Waals surface area contributed by atoms with E-state index in [1.807, 2.05) is 38.2 Å². The molecule has 0 aromatic rings. The molecule has 0 aromatic carbocycles. The standard InChI is InChI=1S/C19H27N3O4S/c1-18(2,26-11-12-27(4,23)24)14-22-17(13-25-3)21-16-8-5-7-15-19(16,22)9-6-10-20-15/h5-10,17H,11-14H2,1-4H3. The second-order valence-corrected chi connectivity index (χ2v) is 9.89. The quantitative estimate of drug-likeness (QED) is 0.623. The largest absolute Gasteiger partial charge is 0.381 e. The highest BCUT2D eigenvalue weighted by molar-refractivity contribution is 7.90. The summed E-state index contributed by atoms with van der Waals surface area (Å²) >= 11 is 0. The zero-order valence-corrected chi connectivity index (χ0v) is 17.1. The molecule has 3 aliphatic rings. The Morgan fingerprint density at radius 2 is 2.11 bits per heavy atom. The third-order valence-electron chi connectivity index (χ3n) is 4.84. The van der Waals surface area contributed by atoms with E-state index in [-0.39, 0.29) is 18.5 Å². The first-order valence-corrected chi connectivity index (χ1v) is 11.0. The molecule has 2 unspecified atom stereocenters. The zero-order valence-electron chi connectivity index (χ0n) is 16.3. The number of hydrogen-bond acceptors (Lipinski definition) is 7. The molecular weight excluding hydrogens is 366 g/mol. The van der Waals surface area contributed by atoms with Gasteiger partial charge in [-0.2, -0.15) is 0 Å². The molecule has 0 fully saturated rings. The van der Waals surface area contributed by atoms with Crippen LogP contribution in [0.15, 0.2) is 46.1 Å². The maximum atomic E-state index is 11.4. The Morgan fingerprint density at radius 1 is 1.33 bits per heavy atom. The first-order valence-electron chi connectivity index (χ1n) is 8.94. The topological polar surface area (TPSA) is 80.6 Å². The molecule has 1 aliphatic carbocycles. The van der Waals surface area contributed by atoms with Crippen molar-refractivity contribution in [2.45, 2.75) is 31.2 Å². The van der Waals surface area contributed by atoms with Gasteiger partial charge in [0, 0.05) is 26.1 Å². The monoisotopic (exact) mass is 393 g/mol. The van der Waals surface area contributed by atoms with E-state index < -0.39 is 21.0 Å². The van der Waals surface area contributed by atoms with Gasteiger partial charge in [0.15, 0.2) is 0 Å². The lowest BCUT2D eigenvalue weighted by Crippen LogP contribution is -2.58. The second kappa shape index (κ2) is 7.43. The molecule has 27 heavy (non-hydrogen) atoms. The summed E-state index contributed by atoms with van der Waals surface area (Å²) in [4.78, 5) is 11.7. The Balaban J connectivity index is 1.85. The van der Waals surface area contributed by atoms with Crippen molar-refractivity contribution < 1.29 is 17.9 Å².